The average Bonchev–Trinajstić information content (AvgIpc) is 3.65. The summed E-state index contributed by atoms with van der Waals surface area (Å²) >= 11 is 7.29. The first-order valence-corrected chi connectivity index (χ1v) is 15.0. The molecule has 0 aliphatic carbocycles. The lowest BCUT2D eigenvalue weighted by Crippen LogP contribution is -2.40. The van der Waals surface area contributed by atoms with Crippen LogP contribution in [0.15, 0.2) is 105 Å². The van der Waals surface area contributed by atoms with Crippen molar-refractivity contribution in [3.63, 3.8) is 0 Å². The summed E-state index contributed by atoms with van der Waals surface area (Å²) in [5.74, 6) is -0.854. The van der Waals surface area contributed by atoms with Gasteiger partial charge in [-0.25, -0.2) is 19.0 Å². The second-order valence-corrected chi connectivity index (χ2v) is 11.3. The first-order chi connectivity index (χ1) is 21.8. The number of benzene rings is 3. The van der Waals surface area contributed by atoms with E-state index in [1.54, 1.807) is 43.3 Å². The third kappa shape index (κ3) is 5.77. The summed E-state index contributed by atoms with van der Waals surface area (Å²) in [5.41, 5.74) is 2.06. The summed E-state index contributed by atoms with van der Waals surface area (Å²) in [4.78, 5) is 44.8. The molecule has 0 amide bonds. The van der Waals surface area contributed by atoms with Gasteiger partial charge < -0.3 is 13.9 Å². The van der Waals surface area contributed by atoms with E-state index in [0.717, 1.165) is 11.3 Å². The molecule has 0 saturated heterocycles. The summed E-state index contributed by atoms with van der Waals surface area (Å²) < 4.78 is 32.0. The maximum absolute atomic E-state index is 14.0. The van der Waals surface area contributed by atoms with E-state index in [9.17, 15) is 18.8 Å². The number of ether oxygens (including phenoxy) is 2. The molecule has 6 rings (SSSR count). The van der Waals surface area contributed by atoms with Crippen molar-refractivity contribution in [2.75, 3.05) is 13.7 Å². The minimum atomic E-state index is -0.934. The number of aromatic nitrogens is 1. The number of esters is 2. The van der Waals surface area contributed by atoms with E-state index in [-0.39, 0.29) is 22.8 Å². The Morgan fingerprint density at radius 3 is 2.49 bits per heavy atom. The molecule has 3 aromatic carbocycles. The zero-order valence-corrected chi connectivity index (χ0v) is 25.5. The monoisotopic (exact) mass is 642 g/mol. The van der Waals surface area contributed by atoms with Crippen LogP contribution in [0.25, 0.3) is 23.1 Å². The number of furan rings is 1. The Bertz CT molecular complexity index is 2150. The first-order valence-electron chi connectivity index (χ1n) is 13.8. The van der Waals surface area contributed by atoms with Gasteiger partial charge in [0.2, 0.25) is 0 Å². The third-order valence-corrected chi connectivity index (χ3v) is 8.43. The van der Waals surface area contributed by atoms with E-state index < -0.39 is 29.4 Å². The van der Waals surface area contributed by atoms with Gasteiger partial charge in [-0.05, 0) is 55.0 Å². The molecule has 1 aliphatic heterocycles. The average molecular weight is 643 g/mol. The normalized spacial score (nSPS) is 14.6. The van der Waals surface area contributed by atoms with Crippen LogP contribution in [-0.2, 0) is 14.3 Å². The van der Waals surface area contributed by atoms with Crippen LogP contribution in [0.2, 0.25) is 5.02 Å². The number of nitrogens with zero attached hydrogens (tertiary/aromatic N) is 2. The van der Waals surface area contributed by atoms with E-state index >= 15 is 0 Å². The lowest BCUT2D eigenvalue weighted by molar-refractivity contribution is -0.138. The van der Waals surface area contributed by atoms with Gasteiger partial charge in [-0.3, -0.25) is 9.36 Å². The molecule has 8 nitrogen and oxygen atoms in total. The summed E-state index contributed by atoms with van der Waals surface area (Å²) in [5, 5.41) is 0.242. The number of methoxy groups -OCH3 is 1. The fraction of sp³-hybridized carbons (Fsp3) is 0.118. The molecule has 1 aliphatic rings. The van der Waals surface area contributed by atoms with Gasteiger partial charge in [0.05, 0.1) is 46.1 Å². The Kier molecular flexibility index (Phi) is 8.34. The Morgan fingerprint density at radius 2 is 1.78 bits per heavy atom. The predicted octanol–water partition coefficient (Wildman–Crippen LogP) is 5.77. The summed E-state index contributed by atoms with van der Waals surface area (Å²) in [7, 11) is 1.27. The summed E-state index contributed by atoms with van der Waals surface area (Å²) in [6.45, 7) is 1.81. The van der Waals surface area contributed by atoms with Gasteiger partial charge in [0.15, 0.2) is 4.80 Å². The number of hydrogen-bond donors (Lipinski definition) is 0. The van der Waals surface area contributed by atoms with Crippen LogP contribution < -0.4 is 14.9 Å². The molecule has 5 aromatic rings. The molecule has 0 saturated carbocycles. The molecule has 0 fully saturated rings. The highest BCUT2D eigenvalue weighted by Crippen LogP contribution is 2.35. The van der Waals surface area contributed by atoms with Crippen molar-refractivity contribution in [1.29, 1.82) is 0 Å². The maximum Gasteiger partial charge on any atom is 0.339 e. The zero-order valence-electron chi connectivity index (χ0n) is 24.0. The summed E-state index contributed by atoms with van der Waals surface area (Å²) in [6.07, 6.45) is 1.59. The van der Waals surface area contributed by atoms with Crippen molar-refractivity contribution in [3.8, 4) is 11.3 Å². The van der Waals surface area contributed by atoms with Crippen LogP contribution in [0, 0.1) is 5.82 Å². The highest BCUT2D eigenvalue weighted by atomic mass is 35.5. The molecule has 0 radical (unpaired) electrons. The van der Waals surface area contributed by atoms with Crippen LogP contribution in [0.5, 0.6) is 0 Å². The minimum Gasteiger partial charge on any atom is -0.465 e. The van der Waals surface area contributed by atoms with Gasteiger partial charge in [-0.2, -0.15) is 0 Å². The Balaban J connectivity index is 1.52. The van der Waals surface area contributed by atoms with Gasteiger partial charge in [0.1, 0.15) is 17.3 Å². The van der Waals surface area contributed by atoms with Crippen LogP contribution in [0.3, 0.4) is 0 Å². The molecule has 0 spiro atoms. The Hall–Kier alpha value is -5.06. The SMILES string of the molecule is CCOC(=O)C1=C(c2ccccc2)N=c2s/c(=C\c3ccc(-c4ccc(Cl)c(C(=O)OC)c4)o3)c(=O)n2[C@@H]1c1ccc(F)cc1. The number of rotatable bonds is 7. The lowest BCUT2D eigenvalue weighted by Gasteiger charge is -2.25. The van der Waals surface area contributed by atoms with Crippen LogP contribution in [0.4, 0.5) is 4.39 Å². The van der Waals surface area contributed by atoms with Crippen molar-refractivity contribution < 1.29 is 27.9 Å². The predicted molar refractivity (Wildman–Crippen MR) is 168 cm³/mol. The molecule has 1 atom stereocenters. The molecular weight excluding hydrogens is 619 g/mol. The van der Waals surface area contributed by atoms with Crippen molar-refractivity contribution in [2.24, 2.45) is 4.99 Å². The number of carbonyl (C=O) groups excluding carboxylic acids is 2. The standard InChI is InChI=1S/C34H24ClFN2O6S/c1-3-43-33(41)28-29(19-7-5-4-6-8-19)37-34-38(30(28)20-9-12-22(36)13-10-20)31(39)27(45-34)18-23-14-16-26(44-23)21-11-15-25(35)24(17-21)32(40)42-2/h4-18,30H,3H2,1-2H3/b27-18-/t30-/m1/s1. The van der Waals surface area contributed by atoms with Crippen LogP contribution in [0.1, 0.15) is 40.2 Å². The summed E-state index contributed by atoms with van der Waals surface area (Å²) in [6, 6.07) is 22.1. The minimum absolute atomic E-state index is 0.112. The fourth-order valence-corrected chi connectivity index (χ4v) is 6.24. The number of thiazole rings is 1. The van der Waals surface area contributed by atoms with Crippen molar-refractivity contribution >= 4 is 46.6 Å². The third-order valence-electron chi connectivity index (χ3n) is 7.12. The van der Waals surface area contributed by atoms with Crippen LogP contribution >= 0.6 is 22.9 Å². The number of hydrogen-bond acceptors (Lipinski definition) is 8. The smallest absolute Gasteiger partial charge is 0.339 e. The second kappa shape index (κ2) is 12.5. The van der Waals surface area contributed by atoms with E-state index in [1.165, 1.54) is 35.9 Å². The lowest BCUT2D eigenvalue weighted by atomic mass is 9.93. The molecule has 0 bridgehead atoms. The molecule has 3 heterocycles. The molecule has 226 valence electrons. The quantitative estimate of drug-likeness (QED) is 0.209. The first kappa shape index (κ1) is 30.0. The van der Waals surface area contributed by atoms with E-state index in [0.29, 0.717) is 43.2 Å². The van der Waals surface area contributed by atoms with Gasteiger partial charge >= 0.3 is 11.9 Å². The number of carbonyl (C=O) groups is 2. The van der Waals surface area contributed by atoms with Gasteiger partial charge in [-0.1, -0.05) is 65.4 Å². The Morgan fingerprint density at radius 1 is 1.02 bits per heavy atom. The van der Waals surface area contributed by atoms with Gasteiger partial charge in [-0.15, -0.1) is 0 Å². The van der Waals surface area contributed by atoms with E-state index in [2.05, 4.69) is 0 Å². The second-order valence-electron chi connectivity index (χ2n) is 9.87. The highest BCUT2D eigenvalue weighted by molar-refractivity contribution is 7.07. The molecular formula is C34H24ClFN2O6S. The van der Waals surface area contributed by atoms with E-state index in [1.807, 2.05) is 30.3 Å². The topological polar surface area (TPSA) is 100 Å². The van der Waals surface area contributed by atoms with Crippen LogP contribution in [-0.4, -0.2) is 30.2 Å². The number of halogens is 2. The molecule has 0 unspecified atom stereocenters. The van der Waals surface area contributed by atoms with Gasteiger partial charge in [0.25, 0.3) is 5.56 Å². The fourth-order valence-electron chi connectivity index (χ4n) is 5.06. The molecule has 11 heteroatoms. The molecule has 0 N–H and O–H groups in total. The largest absolute Gasteiger partial charge is 0.465 e. The van der Waals surface area contributed by atoms with Crippen molar-refractivity contribution in [1.82, 2.24) is 4.57 Å². The van der Waals surface area contributed by atoms with Gasteiger partial charge in [0, 0.05) is 17.2 Å². The number of fused-ring (bicyclic) bond motifs is 1. The van der Waals surface area contributed by atoms with Crippen molar-refractivity contribution in [2.45, 2.75) is 13.0 Å². The maximum atomic E-state index is 14.0. The Labute approximate surface area is 264 Å². The highest BCUT2D eigenvalue weighted by Gasteiger charge is 2.35. The molecule has 2 aromatic heterocycles. The molecule has 45 heavy (non-hydrogen) atoms. The van der Waals surface area contributed by atoms with E-state index in [4.69, 9.17) is 30.5 Å². The zero-order chi connectivity index (χ0) is 31.7. The van der Waals surface area contributed by atoms with Crippen molar-refractivity contribution in [3.05, 3.63) is 143 Å².